The van der Waals surface area contributed by atoms with Crippen molar-refractivity contribution in [2.45, 2.75) is 25.5 Å². The van der Waals surface area contributed by atoms with Crippen LogP contribution in [0.3, 0.4) is 0 Å². The molecule has 2 aliphatic heterocycles. The fourth-order valence-corrected chi connectivity index (χ4v) is 2.76. The first-order chi connectivity index (χ1) is 9.79. The Bertz CT molecular complexity index is 411. The second-order valence-corrected chi connectivity index (χ2v) is 6.57. The number of nitrogens with one attached hydrogen (secondary N) is 1. The monoisotopic (exact) mass is 298 g/mol. The maximum Gasteiger partial charge on any atom is 0.325 e. The van der Waals surface area contributed by atoms with E-state index < -0.39 is 5.54 Å². The molecule has 0 bridgehead atoms. The van der Waals surface area contributed by atoms with E-state index in [1.807, 2.05) is 14.1 Å². The van der Waals surface area contributed by atoms with Crippen LogP contribution in [0.4, 0.5) is 4.79 Å². The Balaban J connectivity index is 1.83. The predicted molar refractivity (Wildman–Crippen MR) is 79.1 cm³/mol. The number of carbonyl (C=O) groups is 2. The number of hydrogen-bond donors (Lipinski definition) is 1. The number of hydrogen-bond acceptors (Lipinski definition) is 5. The van der Waals surface area contributed by atoms with E-state index in [-0.39, 0.29) is 18.0 Å². The molecule has 7 heteroatoms. The minimum atomic E-state index is -0.782. The van der Waals surface area contributed by atoms with Gasteiger partial charge >= 0.3 is 6.03 Å². The zero-order chi connectivity index (χ0) is 15.6. The molecule has 1 atom stereocenters. The Kier molecular flexibility index (Phi) is 4.85. The van der Waals surface area contributed by atoms with E-state index in [1.54, 1.807) is 13.8 Å². The smallest absolute Gasteiger partial charge is 0.325 e. The molecule has 0 saturated carbocycles. The number of amides is 3. The average Bonchev–Trinajstić information content (AvgIpc) is 2.56. The van der Waals surface area contributed by atoms with Crippen molar-refractivity contribution in [3.8, 4) is 0 Å². The highest BCUT2D eigenvalue weighted by Crippen LogP contribution is 2.16. The van der Waals surface area contributed by atoms with Crippen molar-refractivity contribution in [3.63, 3.8) is 0 Å². The summed E-state index contributed by atoms with van der Waals surface area (Å²) in [7, 11) is 4.05. The van der Waals surface area contributed by atoms with Gasteiger partial charge in [-0.05, 0) is 27.9 Å². The van der Waals surface area contributed by atoms with Gasteiger partial charge in [0.05, 0.1) is 12.7 Å². The number of rotatable bonds is 5. The summed E-state index contributed by atoms with van der Waals surface area (Å²) in [5.74, 6) is -0.148. The Hall–Kier alpha value is -1.18. The minimum absolute atomic E-state index is 0.148. The second kappa shape index (κ2) is 6.29. The summed E-state index contributed by atoms with van der Waals surface area (Å²) < 4.78 is 5.72. The topological polar surface area (TPSA) is 65.1 Å². The molecule has 2 saturated heterocycles. The van der Waals surface area contributed by atoms with Crippen molar-refractivity contribution in [1.29, 1.82) is 0 Å². The van der Waals surface area contributed by atoms with Crippen LogP contribution in [-0.4, -0.2) is 91.7 Å². The first-order valence-electron chi connectivity index (χ1n) is 7.42. The van der Waals surface area contributed by atoms with Crippen LogP contribution in [0.25, 0.3) is 0 Å². The molecule has 120 valence electrons. The molecule has 7 nitrogen and oxygen atoms in total. The van der Waals surface area contributed by atoms with Crippen LogP contribution in [0.1, 0.15) is 13.8 Å². The zero-order valence-electron chi connectivity index (χ0n) is 13.4. The van der Waals surface area contributed by atoms with Crippen molar-refractivity contribution in [2.24, 2.45) is 0 Å². The van der Waals surface area contributed by atoms with Gasteiger partial charge in [0.1, 0.15) is 5.54 Å². The fraction of sp³-hybridized carbons (Fsp3) is 0.857. The van der Waals surface area contributed by atoms with Gasteiger partial charge in [-0.3, -0.25) is 14.6 Å². The van der Waals surface area contributed by atoms with Crippen LogP contribution in [0.5, 0.6) is 0 Å². The van der Waals surface area contributed by atoms with Gasteiger partial charge in [-0.25, -0.2) is 4.79 Å². The third-order valence-electron chi connectivity index (χ3n) is 3.88. The molecule has 0 aromatic heterocycles. The van der Waals surface area contributed by atoms with Crippen molar-refractivity contribution in [1.82, 2.24) is 20.0 Å². The Morgan fingerprint density at radius 3 is 2.62 bits per heavy atom. The average molecular weight is 298 g/mol. The molecule has 21 heavy (non-hydrogen) atoms. The lowest BCUT2D eigenvalue weighted by Gasteiger charge is -2.34. The normalized spacial score (nSPS) is 26.5. The number of likely N-dealkylation sites (N-methyl/N-ethyl adjacent to an activating group) is 1. The summed E-state index contributed by atoms with van der Waals surface area (Å²) in [5.41, 5.74) is -0.782. The van der Waals surface area contributed by atoms with Gasteiger partial charge in [0, 0.05) is 32.7 Å². The molecular weight excluding hydrogens is 272 g/mol. The van der Waals surface area contributed by atoms with Crippen molar-refractivity contribution in [2.75, 3.05) is 53.4 Å². The van der Waals surface area contributed by atoms with Gasteiger partial charge in [0.15, 0.2) is 0 Å². The van der Waals surface area contributed by atoms with Crippen LogP contribution in [0.2, 0.25) is 0 Å². The fourth-order valence-electron chi connectivity index (χ4n) is 2.76. The van der Waals surface area contributed by atoms with Crippen LogP contribution >= 0.6 is 0 Å². The van der Waals surface area contributed by atoms with Gasteiger partial charge in [-0.2, -0.15) is 0 Å². The zero-order valence-corrected chi connectivity index (χ0v) is 13.4. The summed E-state index contributed by atoms with van der Waals surface area (Å²) in [5, 5.41) is 2.70. The number of carbonyl (C=O) groups excluding carboxylic acids is 2. The van der Waals surface area contributed by atoms with E-state index in [4.69, 9.17) is 4.74 Å². The van der Waals surface area contributed by atoms with Crippen LogP contribution in [-0.2, 0) is 9.53 Å². The van der Waals surface area contributed by atoms with Gasteiger partial charge in [-0.15, -0.1) is 0 Å². The molecule has 2 fully saturated rings. The highest BCUT2D eigenvalue weighted by Gasteiger charge is 2.44. The molecule has 1 N–H and O–H groups in total. The molecule has 2 aliphatic rings. The van der Waals surface area contributed by atoms with Gasteiger partial charge in [-0.1, -0.05) is 0 Å². The van der Waals surface area contributed by atoms with Crippen molar-refractivity contribution >= 4 is 11.9 Å². The molecule has 0 aromatic rings. The van der Waals surface area contributed by atoms with Gasteiger partial charge < -0.3 is 15.0 Å². The van der Waals surface area contributed by atoms with E-state index in [2.05, 4.69) is 15.1 Å². The lowest BCUT2D eigenvalue weighted by Crippen LogP contribution is -2.49. The highest BCUT2D eigenvalue weighted by molar-refractivity contribution is 6.06. The van der Waals surface area contributed by atoms with Crippen LogP contribution in [0.15, 0.2) is 0 Å². The first kappa shape index (κ1) is 16.2. The highest BCUT2D eigenvalue weighted by atomic mass is 16.5. The summed E-state index contributed by atoms with van der Waals surface area (Å²) in [4.78, 5) is 29.6. The quantitative estimate of drug-likeness (QED) is 0.698. The lowest BCUT2D eigenvalue weighted by molar-refractivity contribution is -0.130. The third kappa shape index (κ3) is 3.93. The molecule has 0 aliphatic carbocycles. The predicted octanol–water partition coefficient (Wildman–Crippen LogP) is -0.421. The number of nitrogens with zero attached hydrogens (tertiary/aromatic N) is 3. The lowest BCUT2D eigenvalue weighted by atomic mass is 10.1. The van der Waals surface area contributed by atoms with Crippen LogP contribution in [0, 0.1) is 0 Å². The van der Waals surface area contributed by atoms with E-state index in [1.165, 1.54) is 4.90 Å². The third-order valence-corrected chi connectivity index (χ3v) is 3.88. The van der Waals surface area contributed by atoms with Crippen molar-refractivity contribution in [3.05, 3.63) is 0 Å². The maximum absolute atomic E-state index is 12.1. The molecule has 0 spiro atoms. The summed E-state index contributed by atoms with van der Waals surface area (Å²) in [6.45, 7) is 7.86. The summed E-state index contributed by atoms with van der Waals surface area (Å²) >= 11 is 0. The van der Waals surface area contributed by atoms with Crippen LogP contribution < -0.4 is 5.32 Å². The number of imide groups is 1. The minimum Gasteiger partial charge on any atom is -0.374 e. The largest absolute Gasteiger partial charge is 0.374 e. The van der Waals surface area contributed by atoms with E-state index in [9.17, 15) is 9.59 Å². The number of morpholine rings is 1. The Labute approximate surface area is 126 Å². The molecule has 0 radical (unpaired) electrons. The number of ether oxygens (including phenoxy) is 1. The maximum atomic E-state index is 12.1. The standard InChI is InChI=1S/C14H26N4O3/c1-14(2)12(19)18(13(20)15-14)6-5-17-7-8-21-11(10-17)9-16(3)4/h11H,5-10H2,1-4H3,(H,15,20)/t11-/m0/s1. The first-order valence-corrected chi connectivity index (χ1v) is 7.42. The molecular formula is C14H26N4O3. The molecule has 2 heterocycles. The second-order valence-electron chi connectivity index (χ2n) is 6.57. The SMILES string of the molecule is CN(C)C[C@H]1CN(CCN2C(=O)NC(C)(C)C2=O)CCO1. The summed E-state index contributed by atoms with van der Waals surface area (Å²) in [6.07, 6.45) is 0.188. The molecule has 0 aromatic carbocycles. The summed E-state index contributed by atoms with van der Waals surface area (Å²) in [6, 6.07) is -0.289. The van der Waals surface area contributed by atoms with Gasteiger partial charge in [0.2, 0.25) is 0 Å². The van der Waals surface area contributed by atoms with E-state index in [0.29, 0.717) is 19.7 Å². The molecule has 2 rings (SSSR count). The molecule has 3 amide bonds. The van der Waals surface area contributed by atoms with E-state index in [0.717, 1.165) is 19.6 Å². The molecule has 0 unspecified atom stereocenters. The van der Waals surface area contributed by atoms with Gasteiger partial charge in [0.25, 0.3) is 5.91 Å². The number of urea groups is 1. The Morgan fingerprint density at radius 2 is 2.05 bits per heavy atom. The Morgan fingerprint density at radius 1 is 1.33 bits per heavy atom. The van der Waals surface area contributed by atoms with E-state index >= 15 is 0 Å². The van der Waals surface area contributed by atoms with Crippen molar-refractivity contribution < 1.29 is 14.3 Å².